The van der Waals surface area contributed by atoms with Crippen LogP contribution in [-0.2, 0) is 0 Å². The normalized spacial score (nSPS) is 15.9. The van der Waals surface area contributed by atoms with Crippen LogP contribution in [0.1, 0.15) is 0 Å². The summed E-state index contributed by atoms with van der Waals surface area (Å²) in [7, 11) is 0. The maximum atomic E-state index is 6.74. The fourth-order valence-corrected chi connectivity index (χ4v) is 1.02. The van der Waals surface area contributed by atoms with Crippen molar-refractivity contribution in [3.63, 3.8) is 0 Å². The second kappa shape index (κ2) is 3.42. The van der Waals surface area contributed by atoms with E-state index in [1.165, 1.54) is 6.20 Å². The van der Waals surface area contributed by atoms with Crippen LogP contribution < -0.4 is 10.1 Å². The molecule has 1 N–H and O–H groups in total. The van der Waals surface area contributed by atoms with Crippen LogP contribution >= 0.6 is 0 Å². The van der Waals surface area contributed by atoms with Gasteiger partial charge in [0.15, 0.2) is 0 Å². The molecule has 66 valence electrons. The molecule has 1 saturated heterocycles. The topological polar surface area (TPSA) is 38.5 Å². The van der Waals surface area contributed by atoms with Crippen molar-refractivity contribution >= 4 is 5.69 Å². The van der Waals surface area contributed by atoms with E-state index in [0.29, 0.717) is 11.6 Å². The minimum absolute atomic E-state index is 0.242. The van der Waals surface area contributed by atoms with Crippen LogP contribution in [0.15, 0.2) is 18.3 Å². The van der Waals surface area contributed by atoms with Gasteiger partial charge < -0.3 is 10.1 Å². The van der Waals surface area contributed by atoms with E-state index < -0.39 is 0 Å². The highest BCUT2D eigenvalue weighted by Crippen LogP contribution is 2.15. The molecular formula is C9H9N3O. The first-order valence-electron chi connectivity index (χ1n) is 4.09. The van der Waals surface area contributed by atoms with Gasteiger partial charge >= 0.3 is 0 Å². The zero-order valence-electron chi connectivity index (χ0n) is 7.03. The molecule has 1 aromatic rings. The standard InChI is InChI=1S/C9H9N3O/c1-10-7-2-3-9(12-4-7)13-8-5-11-6-8/h2-4,8,11H,5-6H2. The molecule has 0 radical (unpaired) electrons. The fourth-order valence-electron chi connectivity index (χ4n) is 1.02. The van der Waals surface area contributed by atoms with Crippen molar-refractivity contribution in [2.24, 2.45) is 0 Å². The second-order valence-corrected chi connectivity index (χ2v) is 2.86. The summed E-state index contributed by atoms with van der Waals surface area (Å²) < 4.78 is 5.47. The second-order valence-electron chi connectivity index (χ2n) is 2.86. The number of nitrogens with zero attached hydrogens (tertiary/aromatic N) is 2. The van der Waals surface area contributed by atoms with Crippen LogP contribution in [0.25, 0.3) is 4.85 Å². The first-order valence-corrected chi connectivity index (χ1v) is 4.09. The Morgan fingerprint density at radius 1 is 1.54 bits per heavy atom. The molecule has 0 bridgehead atoms. The molecule has 1 aromatic heterocycles. The zero-order valence-corrected chi connectivity index (χ0v) is 7.03. The summed E-state index contributed by atoms with van der Waals surface area (Å²) in [5, 5.41) is 3.10. The highest BCUT2D eigenvalue weighted by atomic mass is 16.5. The number of pyridine rings is 1. The van der Waals surface area contributed by atoms with Crippen molar-refractivity contribution in [3.8, 4) is 5.88 Å². The van der Waals surface area contributed by atoms with E-state index in [-0.39, 0.29) is 6.10 Å². The third kappa shape index (κ3) is 1.76. The van der Waals surface area contributed by atoms with Gasteiger partial charge in [-0.3, -0.25) is 0 Å². The van der Waals surface area contributed by atoms with Crippen LogP contribution in [0.4, 0.5) is 5.69 Å². The van der Waals surface area contributed by atoms with Gasteiger partial charge in [0.1, 0.15) is 6.10 Å². The smallest absolute Gasteiger partial charge is 0.210 e. The molecule has 1 fully saturated rings. The summed E-state index contributed by atoms with van der Waals surface area (Å²) in [6.45, 7) is 8.50. The van der Waals surface area contributed by atoms with Gasteiger partial charge in [-0.25, -0.2) is 9.83 Å². The van der Waals surface area contributed by atoms with Crippen LogP contribution in [0, 0.1) is 6.57 Å². The molecule has 1 aliphatic rings. The molecule has 0 saturated carbocycles. The molecule has 0 aliphatic carbocycles. The summed E-state index contributed by atoms with van der Waals surface area (Å²) in [6, 6.07) is 3.44. The Balaban J connectivity index is 2.01. The van der Waals surface area contributed by atoms with Gasteiger partial charge in [-0.1, -0.05) is 0 Å². The van der Waals surface area contributed by atoms with Gasteiger partial charge in [-0.15, -0.1) is 0 Å². The molecule has 13 heavy (non-hydrogen) atoms. The van der Waals surface area contributed by atoms with Crippen LogP contribution in [-0.4, -0.2) is 24.2 Å². The molecule has 2 rings (SSSR count). The number of ether oxygens (including phenoxy) is 1. The summed E-state index contributed by atoms with van der Waals surface area (Å²) in [5.41, 5.74) is 0.541. The van der Waals surface area contributed by atoms with Gasteiger partial charge in [0.2, 0.25) is 11.6 Å². The third-order valence-electron chi connectivity index (χ3n) is 1.88. The third-order valence-corrected chi connectivity index (χ3v) is 1.88. The van der Waals surface area contributed by atoms with Gasteiger partial charge in [0.25, 0.3) is 0 Å². The van der Waals surface area contributed by atoms with Crippen molar-refractivity contribution < 1.29 is 4.74 Å². The summed E-state index contributed by atoms with van der Waals surface area (Å²) in [6.07, 6.45) is 1.76. The molecular weight excluding hydrogens is 166 g/mol. The molecule has 0 spiro atoms. The summed E-state index contributed by atoms with van der Waals surface area (Å²) in [4.78, 5) is 7.25. The average Bonchev–Trinajstić information content (AvgIpc) is 2.12. The molecule has 4 heteroatoms. The molecule has 4 nitrogen and oxygen atoms in total. The Labute approximate surface area is 76.4 Å². The molecule has 0 atom stereocenters. The Hall–Kier alpha value is -1.60. The minimum atomic E-state index is 0.242. The molecule has 0 unspecified atom stereocenters. The Morgan fingerprint density at radius 3 is 2.85 bits per heavy atom. The molecule has 1 aliphatic heterocycles. The monoisotopic (exact) mass is 175 g/mol. The van der Waals surface area contributed by atoms with Crippen molar-refractivity contribution in [1.29, 1.82) is 0 Å². The van der Waals surface area contributed by atoms with Crippen molar-refractivity contribution in [3.05, 3.63) is 29.7 Å². The van der Waals surface area contributed by atoms with E-state index >= 15 is 0 Å². The van der Waals surface area contributed by atoms with Gasteiger partial charge in [0, 0.05) is 19.3 Å². The van der Waals surface area contributed by atoms with Crippen LogP contribution in [0.2, 0.25) is 0 Å². The first-order chi connectivity index (χ1) is 6.38. The summed E-state index contributed by atoms with van der Waals surface area (Å²) >= 11 is 0. The van der Waals surface area contributed by atoms with Gasteiger partial charge in [-0.05, 0) is 12.1 Å². The molecule has 0 amide bonds. The van der Waals surface area contributed by atoms with E-state index in [2.05, 4.69) is 15.1 Å². The summed E-state index contributed by atoms with van der Waals surface area (Å²) in [5.74, 6) is 0.596. The lowest BCUT2D eigenvalue weighted by atomic mass is 10.2. The highest BCUT2D eigenvalue weighted by Gasteiger charge is 2.18. The van der Waals surface area contributed by atoms with Gasteiger partial charge in [0.05, 0.1) is 6.57 Å². The van der Waals surface area contributed by atoms with E-state index in [1.807, 2.05) is 0 Å². The largest absolute Gasteiger partial charge is 0.472 e. The minimum Gasteiger partial charge on any atom is -0.472 e. The number of hydrogen-bond acceptors (Lipinski definition) is 3. The molecule has 0 aromatic carbocycles. The van der Waals surface area contributed by atoms with E-state index in [1.54, 1.807) is 12.1 Å². The van der Waals surface area contributed by atoms with E-state index in [4.69, 9.17) is 11.3 Å². The lowest BCUT2D eigenvalue weighted by molar-refractivity contribution is 0.136. The number of hydrogen-bond donors (Lipinski definition) is 1. The Kier molecular flexibility index (Phi) is 2.11. The lowest BCUT2D eigenvalue weighted by Gasteiger charge is -2.27. The SMILES string of the molecule is [C-]#[N+]c1ccc(OC2CNC2)nc1. The molecule has 2 heterocycles. The predicted molar refractivity (Wildman–Crippen MR) is 47.8 cm³/mol. The number of rotatable bonds is 2. The average molecular weight is 175 g/mol. The van der Waals surface area contributed by atoms with Crippen LogP contribution in [0.3, 0.4) is 0 Å². The maximum Gasteiger partial charge on any atom is 0.210 e. The Morgan fingerprint density at radius 2 is 2.38 bits per heavy atom. The Bertz CT molecular complexity index is 324. The van der Waals surface area contributed by atoms with E-state index in [9.17, 15) is 0 Å². The zero-order chi connectivity index (χ0) is 9.10. The van der Waals surface area contributed by atoms with Crippen molar-refractivity contribution in [1.82, 2.24) is 10.3 Å². The van der Waals surface area contributed by atoms with Gasteiger partial charge in [-0.2, -0.15) is 0 Å². The quantitative estimate of drug-likeness (QED) is 0.681. The number of aromatic nitrogens is 1. The van der Waals surface area contributed by atoms with E-state index in [0.717, 1.165) is 13.1 Å². The highest BCUT2D eigenvalue weighted by molar-refractivity contribution is 5.42. The maximum absolute atomic E-state index is 6.74. The number of nitrogens with one attached hydrogen (secondary N) is 1. The van der Waals surface area contributed by atoms with Crippen LogP contribution in [0.5, 0.6) is 5.88 Å². The predicted octanol–water partition coefficient (Wildman–Crippen LogP) is 0.983. The first kappa shape index (κ1) is 8.02. The lowest BCUT2D eigenvalue weighted by Crippen LogP contribution is -2.50. The fraction of sp³-hybridized carbons (Fsp3) is 0.333. The van der Waals surface area contributed by atoms with Crippen molar-refractivity contribution in [2.75, 3.05) is 13.1 Å². The van der Waals surface area contributed by atoms with Crippen molar-refractivity contribution in [2.45, 2.75) is 6.10 Å².